The smallest absolute Gasteiger partial charge is 0.271 e. The molecule has 0 aliphatic rings. The van der Waals surface area contributed by atoms with Crippen molar-refractivity contribution in [3.8, 4) is 22.5 Å². The SMILES string of the molecule is NC(=O)c1nc(-c2cc(Cl)c3[nH]ncc3c2)c(-c2ccccc2)nc1N. The van der Waals surface area contributed by atoms with Crippen molar-refractivity contribution >= 4 is 34.2 Å². The van der Waals surface area contributed by atoms with E-state index in [-0.39, 0.29) is 11.5 Å². The Morgan fingerprint density at radius 2 is 1.77 bits per heavy atom. The maximum Gasteiger partial charge on any atom is 0.271 e. The average molecular weight is 365 g/mol. The highest BCUT2D eigenvalue weighted by molar-refractivity contribution is 6.35. The summed E-state index contributed by atoms with van der Waals surface area (Å²) in [5, 5.41) is 8.13. The highest BCUT2D eigenvalue weighted by Crippen LogP contribution is 2.34. The van der Waals surface area contributed by atoms with Gasteiger partial charge in [-0.25, -0.2) is 9.97 Å². The zero-order valence-corrected chi connectivity index (χ0v) is 14.2. The Morgan fingerprint density at radius 1 is 1.04 bits per heavy atom. The molecule has 26 heavy (non-hydrogen) atoms. The molecule has 2 aromatic carbocycles. The fourth-order valence-corrected chi connectivity index (χ4v) is 3.05. The van der Waals surface area contributed by atoms with E-state index in [2.05, 4.69) is 20.2 Å². The molecule has 0 aliphatic carbocycles. The van der Waals surface area contributed by atoms with Crippen molar-refractivity contribution in [1.82, 2.24) is 20.2 Å². The number of aromatic nitrogens is 4. The lowest BCUT2D eigenvalue weighted by molar-refractivity contribution is 0.0996. The van der Waals surface area contributed by atoms with Crippen LogP contribution in [-0.2, 0) is 0 Å². The van der Waals surface area contributed by atoms with E-state index < -0.39 is 5.91 Å². The van der Waals surface area contributed by atoms with Crippen LogP contribution in [0.4, 0.5) is 5.82 Å². The van der Waals surface area contributed by atoms with Gasteiger partial charge in [0, 0.05) is 16.5 Å². The van der Waals surface area contributed by atoms with Gasteiger partial charge < -0.3 is 11.5 Å². The maximum absolute atomic E-state index is 11.7. The zero-order valence-electron chi connectivity index (χ0n) is 13.4. The van der Waals surface area contributed by atoms with E-state index in [4.69, 9.17) is 23.1 Å². The molecule has 5 N–H and O–H groups in total. The number of aromatic amines is 1. The van der Waals surface area contributed by atoms with E-state index in [1.165, 1.54) is 0 Å². The van der Waals surface area contributed by atoms with E-state index in [0.717, 1.165) is 16.5 Å². The van der Waals surface area contributed by atoms with E-state index >= 15 is 0 Å². The summed E-state index contributed by atoms with van der Waals surface area (Å²) in [4.78, 5) is 20.5. The Bertz CT molecular complexity index is 1140. The molecule has 7 nitrogen and oxygen atoms in total. The van der Waals surface area contributed by atoms with Gasteiger partial charge in [-0.3, -0.25) is 9.89 Å². The Kier molecular flexibility index (Phi) is 3.78. The number of halogens is 1. The molecule has 2 heterocycles. The minimum atomic E-state index is -0.744. The van der Waals surface area contributed by atoms with Crippen LogP contribution in [0.25, 0.3) is 33.4 Å². The molecule has 4 rings (SSSR count). The monoisotopic (exact) mass is 364 g/mol. The predicted molar refractivity (Wildman–Crippen MR) is 100 cm³/mol. The Hall–Kier alpha value is -3.45. The minimum Gasteiger partial charge on any atom is -0.382 e. The van der Waals surface area contributed by atoms with Crippen LogP contribution in [0.3, 0.4) is 0 Å². The average Bonchev–Trinajstić information content (AvgIpc) is 3.11. The van der Waals surface area contributed by atoms with Gasteiger partial charge in [-0.2, -0.15) is 5.10 Å². The molecule has 0 unspecified atom stereocenters. The highest BCUT2D eigenvalue weighted by Gasteiger charge is 2.19. The first-order chi connectivity index (χ1) is 12.5. The lowest BCUT2D eigenvalue weighted by Crippen LogP contribution is -2.17. The standard InChI is InChI=1S/C18H13ClN6O/c19-12-7-10(6-11-8-22-25-13(11)12)15-14(9-4-2-1-3-5-9)24-17(20)16(23-15)18(21)26/h1-8H,(H2,20,24)(H2,21,26)(H,22,25). The number of nitrogens with one attached hydrogen (secondary N) is 1. The fourth-order valence-electron chi connectivity index (χ4n) is 2.78. The van der Waals surface area contributed by atoms with Crippen LogP contribution in [0.1, 0.15) is 10.5 Å². The third-order valence-electron chi connectivity index (χ3n) is 3.98. The molecule has 0 atom stereocenters. The normalized spacial score (nSPS) is 11.0. The quantitative estimate of drug-likeness (QED) is 0.515. The number of rotatable bonds is 3. The van der Waals surface area contributed by atoms with Crippen molar-refractivity contribution in [2.75, 3.05) is 5.73 Å². The third-order valence-corrected chi connectivity index (χ3v) is 4.28. The van der Waals surface area contributed by atoms with Gasteiger partial charge in [-0.15, -0.1) is 0 Å². The Labute approximate surface area is 153 Å². The summed E-state index contributed by atoms with van der Waals surface area (Å²) < 4.78 is 0. The molecular weight excluding hydrogens is 352 g/mol. The molecule has 2 aromatic heterocycles. The van der Waals surface area contributed by atoms with E-state index in [1.807, 2.05) is 36.4 Å². The van der Waals surface area contributed by atoms with E-state index in [9.17, 15) is 4.79 Å². The largest absolute Gasteiger partial charge is 0.382 e. The number of fused-ring (bicyclic) bond motifs is 1. The Morgan fingerprint density at radius 3 is 2.50 bits per heavy atom. The van der Waals surface area contributed by atoms with Gasteiger partial charge >= 0.3 is 0 Å². The molecular formula is C18H13ClN6O. The summed E-state index contributed by atoms with van der Waals surface area (Å²) in [5.41, 5.74) is 14.4. The number of H-pyrrole nitrogens is 1. The van der Waals surface area contributed by atoms with Gasteiger partial charge in [0.15, 0.2) is 11.5 Å². The molecule has 128 valence electrons. The van der Waals surface area contributed by atoms with Gasteiger partial charge in [0.2, 0.25) is 0 Å². The van der Waals surface area contributed by atoms with Crippen LogP contribution in [0.2, 0.25) is 5.02 Å². The predicted octanol–water partition coefficient (Wildman–Crippen LogP) is 3.02. The molecule has 0 spiro atoms. The molecule has 4 aromatic rings. The molecule has 0 radical (unpaired) electrons. The second-order valence-electron chi connectivity index (χ2n) is 5.68. The molecule has 1 amide bonds. The van der Waals surface area contributed by atoms with Crippen LogP contribution < -0.4 is 11.5 Å². The second kappa shape index (κ2) is 6.12. The summed E-state index contributed by atoms with van der Waals surface area (Å²) in [7, 11) is 0. The molecule has 0 saturated heterocycles. The number of nitrogens with zero attached hydrogens (tertiary/aromatic N) is 3. The van der Waals surface area contributed by atoms with Gasteiger partial charge in [0.25, 0.3) is 5.91 Å². The van der Waals surface area contributed by atoms with Gasteiger partial charge in [-0.05, 0) is 12.1 Å². The van der Waals surface area contributed by atoms with Crippen LogP contribution in [0.15, 0.2) is 48.7 Å². The maximum atomic E-state index is 11.7. The highest BCUT2D eigenvalue weighted by atomic mass is 35.5. The number of amides is 1. The molecule has 8 heteroatoms. The number of carbonyl (C=O) groups is 1. The second-order valence-corrected chi connectivity index (χ2v) is 6.08. The first-order valence-corrected chi connectivity index (χ1v) is 8.08. The van der Waals surface area contributed by atoms with Crippen molar-refractivity contribution in [1.29, 1.82) is 0 Å². The number of primary amides is 1. The van der Waals surface area contributed by atoms with Gasteiger partial charge in [0.1, 0.15) is 0 Å². The molecule has 0 fully saturated rings. The van der Waals surface area contributed by atoms with E-state index in [1.54, 1.807) is 12.3 Å². The number of nitrogens with two attached hydrogens (primary N) is 2. The van der Waals surface area contributed by atoms with Crippen molar-refractivity contribution in [2.24, 2.45) is 5.73 Å². The minimum absolute atomic E-state index is 0.0180. The number of benzene rings is 2. The number of hydrogen-bond acceptors (Lipinski definition) is 5. The van der Waals surface area contributed by atoms with Gasteiger partial charge in [-0.1, -0.05) is 41.9 Å². The van der Waals surface area contributed by atoms with Crippen molar-refractivity contribution in [3.63, 3.8) is 0 Å². The van der Waals surface area contributed by atoms with Crippen LogP contribution in [0, 0.1) is 0 Å². The van der Waals surface area contributed by atoms with Crippen LogP contribution >= 0.6 is 11.6 Å². The first-order valence-electron chi connectivity index (χ1n) is 7.70. The lowest BCUT2D eigenvalue weighted by Gasteiger charge is -2.12. The first kappa shape index (κ1) is 16.0. The summed E-state index contributed by atoms with van der Waals surface area (Å²) in [6.45, 7) is 0. The van der Waals surface area contributed by atoms with Gasteiger partial charge in [0.05, 0.1) is 28.1 Å². The molecule has 0 aliphatic heterocycles. The van der Waals surface area contributed by atoms with Crippen LogP contribution in [0.5, 0.6) is 0 Å². The van der Waals surface area contributed by atoms with Crippen molar-refractivity contribution in [2.45, 2.75) is 0 Å². The van der Waals surface area contributed by atoms with Crippen molar-refractivity contribution < 1.29 is 4.79 Å². The summed E-state index contributed by atoms with van der Waals surface area (Å²) in [6, 6.07) is 13.0. The number of carbonyl (C=O) groups excluding carboxylic acids is 1. The number of hydrogen-bond donors (Lipinski definition) is 3. The van der Waals surface area contributed by atoms with Crippen LogP contribution in [-0.4, -0.2) is 26.1 Å². The van der Waals surface area contributed by atoms with E-state index in [0.29, 0.717) is 22.0 Å². The topological polar surface area (TPSA) is 124 Å². The fraction of sp³-hybridized carbons (Fsp3) is 0. The zero-order chi connectivity index (χ0) is 18.3. The summed E-state index contributed by atoms with van der Waals surface area (Å²) in [6.07, 6.45) is 1.66. The number of nitrogen functional groups attached to an aromatic ring is 1. The lowest BCUT2D eigenvalue weighted by atomic mass is 10.0. The molecule has 0 bridgehead atoms. The Balaban J connectivity index is 2.03. The summed E-state index contributed by atoms with van der Waals surface area (Å²) in [5.74, 6) is -0.762. The molecule has 0 saturated carbocycles. The van der Waals surface area contributed by atoms with Crippen molar-refractivity contribution in [3.05, 3.63) is 59.4 Å². The summed E-state index contributed by atoms with van der Waals surface area (Å²) >= 11 is 6.35. The third kappa shape index (κ3) is 2.64. The number of anilines is 1.